The second-order valence-corrected chi connectivity index (χ2v) is 3.46. The van der Waals surface area contributed by atoms with Crippen molar-refractivity contribution in [2.45, 2.75) is 0 Å². The number of carbonyl (C=O) groups excluding carboxylic acids is 1. The summed E-state index contributed by atoms with van der Waals surface area (Å²) in [4.78, 5) is 12.2. The van der Waals surface area contributed by atoms with E-state index in [1.807, 2.05) is 18.2 Å². The number of para-hydroxylation sites is 1. The van der Waals surface area contributed by atoms with Crippen LogP contribution in [0.25, 0.3) is 0 Å². The second kappa shape index (κ2) is 7.34. The summed E-state index contributed by atoms with van der Waals surface area (Å²) in [6.45, 7) is -0.445. The Morgan fingerprint density at radius 1 is 1.00 bits per heavy atom. The molecule has 0 aliphatic rings. The van der Waals surface area contributed by atoms with Crippen LogP contribution in [0, 0.1) is 0 Å². The van der Waals surface area contributed by atoms with Crippen molar-refractivity contribution in [2.24, 2.45) is 0 Å². The molecule has 0 aromatic heterocycles. The zero-order chi connectivity index (χ0) is 12.1. The molecule has 0 aliphatic heterocycles. The van der Waals surface area contributed by atoms with Gasteiger partial charge >= 0.3 is 29.6 Å². The molecule has 2 aromatic carbocycles. The molecule has 88 valence electrons. The molecule has 0 saturated carbocycles. The van der Waals surface area contributed by atoms with Crippen molar-refractivity contribution < 1.29 is 14.6 Å². The number of hydrogen-bond acceptors (Lipinski definition) is 3. The fraction of sp³-hybridized carbons (Fsp3) is 0.0714. The van der Waals surface area contributed by atoms with E-state index in [1.54, 1.807) is 36.4 Å². The molecule has 3 nitrogen and oxygen atoms in total. The van der Waals surface area contributed by atoms with Crippen molar-refractivity contribution in [1.29, 1.82) is 0 Å². The van der Waals surface area contributed by atoms with Crippen molar-refractivity contribution in [1.82, 2.24) is 0 Å². The number of aliphatic hydroxyl groups is 1. The topological polar surface area (TPSA) is 46.5 Å². The van der Waals surface area contributed by atoms with Crippen LogP contribution >= 0.6 is 0 Å². The van der Waals surface area contributed by atoms with Gasteiger partial charge in [0.15, 0.2) is 12.6 Å². The van der Waals surface area contributed by atoms with Gasteiger partial charge in [0.2, 0.25) is 0 Å². The zero-order valence-corrected chi connectivity index (χ0v) is 9.17. The summed E-state index contributed by atoms with van der Waals surface area (Å²) >= 11 is 0. The van der Waals surface area contributed by atoms with Crippen LogP contribution in [-0.4, -0.2) is 47.2 Å². The zero-order valence-electron chi connectivity index (χ0n) is 9.17. The Balaban J connectivity index is 0.00000162. The molecule has 0 amide bonds. The van der Waals surface area contributed by atoms with Crippen LogP contribution in [0.4, 0.5) is 0 Å². The number of benzene rings is 2. The Kier molecular flexibility index (Phi) is 6.09. The first-order valence-electron chi connectivity index (χ1n) is 5.25. The van der Waals surface area contributed by atoms with E-state index in [0.717, 1.165) is 0 Å². The molecule has 0 radical (unpaired) electrons. The Morgan fingerprint density at radius 2 is 1.61 bits per heavy atom. The molecule has 2 aromatic rings. The van der Waals surface area contributed by atoms with Crippen LogP contribution in [0.15, 0.2) is 54.6 Å². The summed E-state index contributed by atoms with van der Waals surface area (Å²) in [6, 6.07) is 15.8. The van der Waals surface area contributed by atoms with E-state index in [4.69, 9.17) is 9.84 Å². The van der Waals surface area contributed by atoms with Crippen LogP contribution in [0.5, 0.6) is 5.75 Å². The molecule has 0 fully saturated rings. The average Bonchev–Trinajstić information content (AvgIpc) is 2.40. The van der Waals surface area contributed by atoms with Gasteiger partial charge < -0.3 is 9.84 Å². The summed E-state index contributed by atoms with van der Waals surface area (Å²) in [6.07, 6.45) is 0. The maximum atomic E-state index is 12.2. The summed E-state index contributed by atoms with van der Waals surface area (Å²) in [5.74, 6) is 0.276. The van der Waals surface area contributed by atoms with Crippen molar-refractivity contribution in [3.63, 3.8) is 0 Å². The van der Waals surface area contributed by atoms with Crippen LogP contribution in [0.2, 0.25) is 0 Å². The average molecular weight is 252 g/mol. The van der Waals surface area contributed by atoms with Crippen molar-refractivity contribution in [3.8, 4) is 5.75 Å². The minimum atomic E-state index is -0.445. The maximum absolute atomic E-state index is 12.2. The van der Waals surface area contributed by atoms with Gasteiger partial charge in [-0.25, -0.2) is 0 Å². The first-order valence-corrected chi connectivity index (χ1v) is 5.25. The van der Waals surface area contributed by atoms with Gasteiger partial charge in [0.1, 0.15) is 5.75 Å². The predicted octanol–water partition coefficient (Wildman–Crippen LogP) is 1.60. The number of aliphatic hydroxyl groups excluding tert-OH is 1. The Morgan fingerprint density at radius 3 is 2.28 bits per heavy atom. The molecule has 1 N–H and O–H groups in total. The monoisotopic (exact) mass is 252 g/mol. The SMILES string of the molecule is O=C(c1ccccc1)c1ccccc1OCO.[NaH]. The summed E-state index contributed by atoms with van der Waals surface area (Å²) in [5, 5.41) is 8.76. The predicted molar refractivity (Wildman–Crippen MR) is 71.2 cm³/mol. The van der Waals surface area contributed by atoms with Crippen LogP contribution in [0.1, 0.15) is 15.9 Å². The van der Waals surface area contributed by atoms with Gasteiger partial charge in [-0.3, -0.25) is 4.79 Å². The van der Waals surface area contributed by atoms with Gasteiger partial charge in [0, 0.05) is 5.56 Å². The summed E-state index contributed by atoms with van der Waals surface area (Å²) in [7, 11) is 0. The number of rotatable bonds is 4. The molecule has 0 heterocycles. The molecule has 0 bridgehead atoms. The van der Waals surface area contributed by atoms with Gasteiger partial charge in [-0.1, -0.05) is 42.5 Å². The molecule has 0 spiro atoms. The van der Waals surface area contributed by atoms with Gasteiger partial charge in [-0.2, -0.15) is 0 Å². The molecule has 0 saturated heterocycles. The molecule has 2 rings (SSSR count). The summed E-state index contributed by atoms with van der Waals surface area (Å²) < 4.78 is 5.01. The standard InChI is InChI=1S/C14H12O3.Na.H/c15-10-17-13-9-5-4-8-12(13)14(16)11-6-2-1-3-7-11;;/h1-9,15H,10H2;;. The molecule has 4 heteroatoms. The van der Waals surface area contributed by atoms with E-state index in [2.05, 4.69) is 0 Å². The number of carbonyl (C=O) groups is 1. The number of hydrogen-bond donors (Lipinski definition) is 1. The van der Waals surface area contributed by atoms with Crippen LogP contribution in [-0.2, 0) is 0 Å². The molecular formula is C14H13NaO3. The third kappa shape index (κ3) is 3.43. The Hall–Kier alpha value is -1.13. The van der Waals surface area contributed by atoms with E-state index < -0.39 is 6.79 Å². The fourth-order valence-electron chi connectivity index (χ4n) is 1.59. The molecule has 0 unspecified atom stereocenters. The van der Waals surface area contributed by atoms with Crippen molar-refractivity contribution >= 4 is 35.3 Å². The Labute approximate surface area is 128 Å². The molecule has 0 aliphatic carbocycles. The van der Waals surface area contributed by atoms with E-state index in [9.17, 15) is 4.79 Å². The molecule has 0 atom stereocenters. The second-order valence-electron chi connectivity index (χ2n) is 3.46. The first kappa shape index (κ1) is 14.9. The third-order valence-corrected chi connectivity index (χ3v) is 2.39. The minimum absolute atomic E-state index is 0. The van der Waals surface area contributed by atoms with Gasteiger partial charge in [0.05, 0.1) is 5.56 Å². The van der Waals surface area contributed by atoms with Gasteiger partial charge in [-0.05, 0) is 12.1 Å². The van der Waals surface area contributed by atoms with E-state index >= 15 is 0 Å². The van der Waals surface area contributed by atoms with E-state index in [0.29, 0.717) is 16.9 Å². The normalized spacial score (nSPS) is 9.39. The van der Waals surface area contributed by atoms with Crippen molar-refractivity contribution in [2.75, 3.05) is 6.79 Å². The number of ether oxygens (including phenoxy) is 1. The number of ketones is 1. The van der Waals surface area contributed by atoms with Crippen molar-refractivity contribution in [3.05, 3.63) is 65.7 Å². The Bertz CT molecular complexity index is 511. The third-order valence-electron chi connectivity index (χ3n) is 2.39. The van der Waals surface area contributed by atoms with E-state index in [-0.39, 0.29) is 35.3 Å². The fourth-order valence-corrected chi connectivity index (χ4v) is 1.59. The molecule has 18 heavy (non-hydrogen) atoms. The van der Waals surface area contributed by atoms with E-state index in [1.165, 1.54) is 0 Å². The van der Waals surface area contributed by atoms with Crippen LogP contribution in [0.3, 0.4) is 0 Å². The van der Waals surface area contributed by atoms with Gasteiger partial charge in [-0.15, -0.1) is 0 Å². The first-order chi connectivity index (χ1) is 8.33. The van der Waals surface area contributed by atoms with Crippen LogP contribution < -0.4 is 4.74 Å². The quantitative estimate of drug-likeness (QED) is 0.510. The molecular weight excluding hydrogens is 239 g/mol. The summed E-state index contributed by atoms with van der Waals surface area (Å²) in [5.41, 5.74) is 1.05. The van der Waals surface area contributed by atoms with Gasteiger partial charge in [0.25, 0.3) is 0 Å².